The number of hydrogen-bond donors (Lipinski definition) is 8. The Morgan fingerprint density at radius 2 is 1.64 bits per heavy atom. The third kappa shape index (κ3) is 4.29. The Hall–Kier alpha value is -3.88. The molecule has 2 heterocycles. The fourth-order valence-corrected chi connectivity index (χ4v) is 3.81. The lowest BCUT2D eigenvalue weighted by Crippen LogP contribution is -2.63. The highest BCUT2D eigenvalue weighted by atomic mass is 16.7. The van der Waals surface area contributed by atoms with E-state index in [0.717, 1.165) is 31.2 Å². The molecule has 4 rings (SSSR count). The number of carbonyl (C=O) groups is 1. The van der Waals surface area contributed by atoms with Gasteiger partial charge in [-0.05, 0) is 25.1 Å². The molecule has 36 heavy (non-hydrogen) atoms. The number of aliphatic hydroxyl groups excluding tert-OH is 4. The zero-order chi connectivity index (χ0) is 26.5. The van der Waals surface area contributed by atoms with Crippen LogP contribution in [0.3, 0.4) is 0 Å². The summed E-state index contributed by atoms with van der Waals surface area (Å²) in [6.45, 7) is 1.000. The molecule has 13 heteroatoms. The normalized spacial score (nSPS) is 25.0. The molecule has 1 saturated heterocycles. The maximum atomic E-state index is 13.4. The SMILES string of the molecule is CC(=O)C(O)[C@H]1O[C@@H](Oc2c(-c3ccc(O)c(O)c3)oc3cc(O)cc(O)c3c2=O)[C@H](O)[C@@H](O)[C@@H]1O. The van der Waals surface area contributed by atoms with Crippen molar-refractivity contribution >= 4 is 16.8 Å². The van der Waals surface area contributed by atoms with Gasteiger partial charge >= 0.3 is 0 Å². The minimum absolute atomic E-state index is 0.0339. The van der Waals surface area contributed by atoms with Crippen molar-refractivity contribution in [1.82, 2.24) is 0 Å². The number of phenolic OH excluding ortho intramolecular Hbond substituents is 4. The second kappa shape index (κ2) is 9.29. The number of ether oxygens (including phenoxy) is 2. The van der Waals surface area contributed by atoms with Gasteiger partial charge < -0.3 is 54.7 Å². The summed E-state index contributed by atoms with van der Waals surface area (Å²) in [4.78, 5) is 25.0. The van der Waals surface area contributed by atoms with Gasteiger partial charge in [-0.25, -0.2) is 0 Å². The van der Waals surface area contributed by atoms with Crippen molar-refractivity contribution in [3.63, 3.8) is 0 Å². The number of phenols is 4. The van der Waals surface area contributed by atoms with Crippen molar-refractivity contribution in [2.75, 3.05) is 0 Å². The zero-order valence-corrected chi connectivity index (χ0v) is 18.5. The van der Waals surface area contributed by atoms with Gasteiger partial charge in [0.15, 0.2) is 23.0 Å². The summed E-state index contributed by atoms with van der Waals surface area (Å²) in [6, 6.07) is 5.20. The average molecular weight is 506 g/mol. The topological polar surface area (TPSA) is 228 Å². The molecule has 1 unspecified atom stereocenters. The monoisotopic (exact) mass is 506 g/mol. The van der Waals surface area contributed by atoms with Gasteiger partial charge in [0.2, 0.25) is 17.5 Å². The maximum Gasteiger partial charge on any atom is 0.239 e. The first-order chi connectivity index (χ1) is 16.9. The molecule has 1 aromatic heterocycles. The molecule has 1 fully saturated rings. The van der Waals surface area contributed by atoms with Gasteiger partial charge in [-0.1, -0.05) is 0 Å². The summed E-state index contributed by atoms with van der Waals surface area (Å²) in [6.07, 6.45) is -11.5. The largest absolute Gasteiger partial charge is 0.508 e. The van der Waals surface area contributed by atoms with Gasteiger partial charge in [-0.15, -0.1) is 0 Å². The van der Waals surface area contributed by atoms with Crippen LogP contribution in [-0.2, 0) is 9.53 Å². The lowest BCUT2D eigenvalue weighted by atomic mass is 9.94. The van der Waals surface area contributed by atoms with Crippen LogP contribution in [0.15, 0.2) is 39.5 Å². The molecule has 13 nitrogen and oxygen atoms in total. The number of ketones is 1. The number of aliphatic hydroxyl groups is 4. The zero-order valence-electron chi connectivity index (χ0n) is 18.5. The first-order valence-electron chi connectivity index (χ1n) is 10.5. The second-order valence-corrected chi connectivity index (χ2v) is 8.25. The standard InChI is InChI=1S/C23H22O13/c1-7(24)15(29)21-18(32)17(31)19(33)23(35-21)36-22-16(30)14-12(28)5-9(25)6-13(14)34-20(22)8-2-3-10(26)11(27)4-8/h2-6,15,17-19,21,23,25-29,31-33H,1H3/t15?,17-,18-,19+,21+,23-/m0/s1. The average Bonchev–Trinajstić information content (AvgIpc) is 2.81. The van der Waals surface area contributed by atoms with Crippen molar-refractivity contribution in [3.8, 4) is 40.1 Å². The molecular formula is C23H22O13. The molecule has 0 saturated carbocycles. The van der Waals surface area contributed by atoms with Crippen molar-refractivity contribution in [1.29, 1.82) is 0 Å². The van der Waals surface area contributed by atoms with E-state index in [1.807, 2.05) is 0 Å². The molecule has 0 amide bonds. The summed E-state index contributed by atoms with van der Waals surface area (Å²) in [5.41, 5.74) is -1.36. The summed E-state index contributed by atoms with van der Waals surface area (Å²) in [5, 5.41) is 80.1. The molecule has 8 N–H and O–H groups in total. The van der Waals surface area contributed by atoms with Crippen LogP contribution < -0.4 is 10.2 Å². The number of Topliss-reactive ketones (excluding diaryl/α,β-unsaturated/α-hetero) is 1. The first kappa shape index (κ1) is 25.2. The number of carbonyl (C=O) groups excluding carboxylic acids is 1. The third-order valence-electron chi connectivity index (χ3n) is 5.72. The Morgan fingerprint density at radius 3 is 2.28 bits per heavy atom. The van der Waals surface area contributed by atoms with E-state index in [4.69, 9.17) is 13.9 Å². The Kier molecular flexibility index (Phi) is 6.51. The molecule has 0 radical (unpaired) electrons. The Balaban J connectivity index is 1.89. The quantitative estimate of drug-likeness (QED) is 0.203. The van der Waals surface area contributed by atoms with Crippen molar-refractivity contribution < 1.29 is 59.5 Å². The predicted octanol–water partition coefficient (Wildman–Crippen LogP) is -0.581. The summed E-state index contributed by atoms with van der Waals surface area (Å²) in [5.74, 6) is -4.17. The van der Waals surface area contributed by atoms with Gasteiger partial charge in [-0.2, -0.15) is 0 Å². The van der Waals surface area contributed by atoms with Gasteiger partial charge in [-0.3, -0.25) is 9.59 Å². The molecule has 0 aliphatic carbocycles. The van der Waals surface area contributed by atoms with E-state index in [1.54, 1.807) is 0 Å². The Bertz CT molecular complexity index is 1380. The van der Waals surface area contributed by atoms with Crippen LogP contribution >= 0.6 is 0 Å². The summed E-state index contributed by atoms with van der Waals surface area (Å²) < 4.78 is 16.5. The van der Waals surface area contributed by atoms with E-state index < -0.39 is 87.9 Å². The highest BCUT2D eigenvalue weighted by Crippen LogP contribution is 2.39. The molecule has 0 bridgehead atoms. The highest BCUT2D eigenvalue weighted by molar-refractivity contribution is 5.88. The summed E-state index contributed by atoms with van der Waals surface area (Å²) >= 11 is 0. The van der Waals surface area contributed by atoms with Crippen molar-refractivity contribution in [2.45, 2.75) is 43.7 Å². The highest BCUT2D eigenvalue weighted by Gasteiger charge is 2.49. The van der Waals surface area contributed by atoms with E-state index >= 15 is 0 Å². The van der Waals surface area contributed by atoms with E-state index in [1.165, 1.54) is 6.07 Å². The number of rotatable bonds is 5. The van der Waals surface area contributed by atoms with Crippen molar-refractivity contribution in [3.05, 3.63) is 40.6 Å². The van der Waals surface area contributed by atoms with Crippen LogP contribution in [0.2, 0.25) is 0 Å². The van der Waals surface area contributed by atoms with Crippen LogP contribution in [0.1, 0.15) is 6.92 Å². The van der Waals surface area contributed by atoms with Crippen LogP contribution in [0, 0.1) is 0 Å². The second-order valence-electron chi connectivity index (χ2n) is 8.25. The minimum atomic E-state index is -1.99. The van der Waals surface area contributed by atoms with E-state index in [9.17, 15) is 50.4 Å². The molecule has 3 aromatic rings. The fraction of sp³-hybridized carbons (Fsp3) is 0.304. The summed E-state index contributed by atoms with van der Waals surface area (Å²) in [7, 11) is 0. The lowest BCUT2D eigenvalue weighted by Gasteiger charge is -2.41. The van der Waals surface area contributed by atoms with Gasteiger partial charge in [0, 0.05) is 17.7 Å². The Morgan fingerprint density at radius 1 is 0.944 bits per heavy atom. The van der Waals surface area contributed by atoms with Crippen molar-refractivity contribution in [2.24, 2.45) is 0 Å². The van der Waals surface area contributed by atoms with E-state index in [-0.39, 0.29) is 11.1 Å². The van der Waals surface area contributed by atoms with Crippen LogP contribution in [-0.4, -0.2) is 83.4 Å². The number of benzene rings is 2. The van der Waals surface area contributed by atoms with E-state index in [2.05, 4.69) is 0 Å². The molecule has 2 aromatic carbocycles. The lowest BCUT2D eigenvalue weighted by molar-refractivity contribution is -0.285. The molecule has 0 spiro atoms. The van der Waals surface area contributed by atoms with Crippen LogP contribution in [0.5, 0.6) is 28.7 Å². The minimum Gasteiger partial charge on any atom is -0.508 e. The number of fused-ring (bicyclic) bond motifs is 1. The molecule has 6 atom stereocenters. The smallest absolute Gasteiger partial charge is 0.239 e. The first-order valence-corrected chi connectivity index (χ1v) is 10.5. The van der Waals surface area contributed by atoms with Gasteiger partial charge in [0.25, 0.3) is 0 Å². The predicted molar refractivity (Wildman–Crippen MR) is 119 cm³/mol. The van der Waals surface area contributed by atoms with Gasteiger partial charge in [0.1, 0.15) is 53.0 Å². The molecular weight excluding hydrogens is 484 g/mol. The van der Waals surface area contributed by atoms with E-state index in [0.29, 0.717) is 0 Å². The number of hydrogen-bond acceptors (Lipinski definition) is 13. The van der Waals surface area contributed by atoms with Gasteiger partial charge in [0.05, 0.1) is 0 Å². The number of aromatic hydroxyl groups is 4. The maximum absolute atomic E-state index is 13.4. The van der Waals surface area contributed by atoms with Crippen LogP contribution in [0.25, 0.3) is 22.3 Å². The fourth-order valence-electron chi connectivity index (χ4n) is 3.81. The third-order valence-corrected chi connectivity index (χ3v) is 5.72. The molecule has 1 aliphatic rings. The Labute approximate surface area is 201 Å². The molecule has 192 valence electrons. The molecule has 1 aliphatic heterocycles. The van der Waals surface area contributed by atoms with Crippen LogP contribution in [0.4, 0.5) is 0 Å².